The molecule has 2 N–H and O–H groups in total. The fraction of sp³-hybridized carbons (Fsp3) is 0.353. The number of hydrogen-bond acceptors (Lipinski definition) is 3. The molecule has 1 fully saturated rings. The number of nitrogens with one attached hydrogen (secondary N) is 2. The van der Waals surface area contributed by atoms with Crippen LogP contribution in [0.25, 0.3) is 0 Å². The van der Waals surface area contributed by atoms with E-state index in [2.05, 4.69) is 15.7 Å². The van der Waals surface area contributed by atoms with Crippen molar-refractivity contribution in [1.82, 2.24) is 15.1 Å². The van der Waals surface area contributed by atoms with E-state index in [9.17, 15) is 9.59 Å². The summed E-state index contributed by atoms with van der Waals surface area (Å²) in [5.41, 5.74) is 1.16. The molecular formula is C17H20N4O2. The molecule has 6 nitrogen and oxygen atoms in total. The molecule has 23 heavy (non-hydrogen) atoms. The Morgan fingerprint density at radius 1 is 1.17 bits per heavy atom. The Kier molecular flexibility index (Phi) is 4.71. The molecule has 2 aromatic rings. The largest absolute Gasteiger partial charge is 0.352 e. The first-order chi connectivity index (χ1) is 11.2. The average Bonchev–Trinajstić information content (AvgIpc) is 3.20. The van der Waals surface area contributed by atoms with E-state index in [1.165, 1.54) is 17.5 Å². The maximum Gasteiger partial charge on any atom is 0.255 e. The fourth-order valence-corrected chi connectivity index (χ4v) is 2.80. The van der Waals surface area contributed by atoms with Crippen molar-refractivity contribution in [1.29, 1.82) is 0 Å². The van der Waals surface area contributed by atoms with Crippen LogP contribution in [0, 0.1) is 0 Å². The molecule has 1 aromatic carbocycles. The second kappa shape index (κ2) is 7.09. The number of nitrogens with zero attached hydrogens (tertiary/aromatic N) is 2. The number of amides is 2. The van der Waals surface area contributed by atoms with E-state index in [0.29, 0.717) is 17.3 Å². The standard InChI is InChI=1S/C17H20N4O2/c22-16(19-14-8-4-5-9-14)12-21-11-15(10-18-21)20-17(23)13-6-2-1-3-7-13/h1-3,6-7,10-11,14H,4-5,8-9,12H2,(H,19,22)(H,20,23). The zero-order valence-electron chi connectivity index (χ0n) is 12.9. The van der Waals surface area contributed by atoms with Crippen LogP contribution in [0.4, 0.5) is 5.69 Å². The van der Waals surface area contributed by atoms with Gasteiger partial charge in [0, 0.05) is 17.8 Å². The second-order valence-electron chi connectivity index (χ2n) is 5.80. The zero-order valence-corrected chi connectivity index (χ0v) is 12.9. The summed E-state index contributed by atoms with van der Waals surface area (Å²) in [5, 5.41) is 9.91. The first-order valence-electron chi connectivity index (χ1n) is 7.89. The van der Waals surface area contributed by atoms with E-state index >= 15 is 0 Å². The summed E-state index contributed by atoms with van der Waals surface area (Å²) in [6.45, 7) is 0.164. The minimum absolute atomic E-state index is 0.0408. The number of anilines is 1. The summed E-state index contributed by atoms with van der Waals surface area (Å²) in [7, 11) is 0. The summed E-state index contributed by atoms with van der Waals surface area (Å²) in [4.78, 5) is 24.0. The van der Waals surface area contributed by atoms with Crippen LogP contribution in [0.2, 0.25) is 0 Å². The summed E-state index contributed by atoms with van der Waals surface area (Å²) in [6, 6.07) is 9.27. The molecule has 0 aliphatic heterocycles. The summed E-state index contributed by atoms with van der Waals surface area (Å²) in [6.07, 6.45) is 7.69. The van der Waals surface area contributed by atoms with Crippen LogP contribution in [0.5, 0.6) is 0 Å². The number of aromatic nitrogens is 2. The fourth-order valence-electron chi connectivity index (χ4n) is 2.80. The topological polar surface area (TPSA) is 76.0 Å². The number of carbonyl (C=O) groups is 2. The molecule has 0 saturated heterocycles. The quantitative estimate of drug-likeness (QED) is 0.888. The van der Waals surface area contributed by atoms with Crippen LogP contribution in [-0.4, -0.2) is 27.6 Å². The van der Waals surface area contributed by atoms with Gasteiger partial charge in [-0.2, -0.15) is 5.10 Å². The van der Waals surface area contributed by atoms with Crippen LogP contribution in [-0.2, 0) is 11.3 Å². The van der Waals surface area contributed by atoms with Crippen LogP contribution in [0.3, 0.4) is 0 Å². The van der Waals surface area contributed by atoms with Gasteiger partial charge < -0.3 is 10.6 Å². The number of benzene rings is 1. The molecule has 0 bridgehead atoms. The minimum Gasteiger partial charge on any atom is -0.352 e. The van der Waals surface area contributed by atoms with Gasteiger partial charge in [0.05, 0.1) is 11.9 Å². The van der Waals surface area contributed by atoms with Crippen LogP contribution in [0.1, 0.15) is 36.0 Å². The van der Waals surface area contributed by atoms with E-state index in [4.69, 9.17) is 0 Å². The Hall–Kier alpha value is -2.63. The van der Waals surface area contributed by atoms with Gasteiger partial charge in [-0.15, -0.1) is 0 Å². The Bertz CT molecular complexity index is 675. The van der Waals surface area contributed by atoms with E-state index < -0.39 is 0 Å². The van der Waals surface area contributed by atoms with Crippen molar-refractivity contribution in [3.63, 3.8) is 0 Å². The molecule has 0 unspecified atom stereocenters. The molecule has 2 amide bonds. The van der Waals surface area contributed by atoms with Gasteiger partial charge in [0.2, 0.25) is 5.91 Å². The van der Waals surface area contributed by atoms with Crippen molar-refractivity contribution in [3.05, 3.63) is 48.3 Å². The molecule has 0 radical (unpaired) electrons. The van der Waals surface area contributed by atoms with Gasteiger partial charge in [0.25, 0.3) is 5.91 Å². The monoisotopic (exact) mass is 312 g/mol. The summed E-state index contributed by atoms with van der Waals surface area (Å²) < 4.78 is 1.53. The van der Waals surface area contributed by atoms with E-state index in [1.807, 2.05) is 18.2 Å². The molecule has 1 aromatic heterocycles. The van der Waals surface area contributed by atoms with Gasteiger partial charge in [-0.1, -0.05) is 31.0 Å². The molecule has 1 aliphatic carbocycles. The van der Waals surface area contributed by atoms with Gasteiger partial charge in [0.15, 0.2) is 0 Å². The maximum absolute atomic E-state index is 12.0. The summed E-state index contributed by atoms with van der Waals surface area (Å²) >= 11 is 0. The van der Waals surface area contributed by atoms with Crippen LogP contribution < -0.4 is 10.6 Å². The van der Waals surface area contributed by atoms with Crippen molar-refractivity contribution < 1.29 is 9.59 Å². The van der Waals surface area contributed by atoms with Crippen molar-refractivity contribution in [3.8, 4) is 0 Å². The lowest BCUT2D eigenvalue weighted by molar-refractivity contribution is -0.122. The third-order valence-electron chi connectivity index (χ3n) is 3.95. The number of hydrogen-bond donors (Lipinski definition) is 2. The lowest BCUT2D eigenvalue weighted by Gasteiger charge is -2.11. The lowest BCUT2D eigenvalue weighted by Crippen LogP contribution is -2.35. The first kappa shape index (κ1) is 15.3. The predicted octanol–water partition coefficient (Wildman–Crippen LogP) is 2.19. The molecular weight excluding hydrogens is 292 g/mol. The normalized spacial score (nSPS) is 14.6. The zero-order chi connectivity index (χ0) is 16.1. The SMILES string of the molecule is O=C(Cn1cc(NC(=O)c2ccccc2)cn1)NC1CCCC1. The van der Waals surface area contributed by atoms with Gasteiger partial charge >= 0.3 is 0 Å². The smallest absolute Gasteiger partial charge is 0.255 e. The van der Waals surface area contributed by atoms with Crippen molar-refractivity contribution >= 4 is 17.5 Å². The highest BCUT2D eigenvalue weighted by Crippen LogP contribution is 2.17. The lowest BCUT2D eigenvalue weighted by atomic mass is 10.2. The maximum atomic E-state index is 12.0. The van der Waals surface area contributed by atoms with Gasteiger partial charge in [-0.25, -0.2) is 0 Å². The van der Waals surface area contributed by atoms with E-state index in [0.717, 1.165) is 12.8 Å². The molecule has 0 atom stereocenters. The Labute approximate surface area is 134 Å². The first-order valence-corrected chi connectivity index (χ1v) is 7.89. The number of rotatable bonds is 5. The van der Waals surface area contributed by atoms with E-state index in [1.54, 1.807) is 24.5 Å². The highest BCUT2D eigenvalue weighted by atomic mass is 16.2. The summed E-state index contributed by atoms with van der Waals surface area (Å²) in [5.74, 6) is -0.235. The predicted molar refractivity (Wildman–Crippen MR) is 87.0 cm³/mol. The number of carbonyl (C=O) groups excluding carboxylic acids is 2. The third-order valence-corrected chi connectivity index (χ3v) is 3.95. The molecule has 1 heterocycles. The van der Waals surface area contributed by atoms with Gasteiger partial charge in [-0.3, -0.25) is 14.3 Å². The van der Waals surface area contributed by atoms with Gasteiger partial charge in [0.1, 0.15) is 6.54 Å². The van der Waals surface area contributed by atoms with Crippen LogP contribution in [0.15, 0.2) is 42.7 Å². The van der Waals surface area contributed by atoms with Crippen molar-refractivity contribution in [2.45, 2.75) is 38.3 Å². The van der Waals surface area contributed by atoms with Crippen molar-refractivity contribution in [2.24, 2.45) is 0 Å². The van der Waals surface area contributed by atoms with Crippen LogP contribution >= 0.6 is 0 Å². The second-order valence-corrected chi connectivity index (χ2v) is 5.80. The molecule has 1 saturated carbocycles. The molecule has 1 aliphatic rings. The third kappa shape index (κ3) is 4.18. The molecule has 6 heteroatoms. The minimum atomic E-state index is -0.194. The molecule has 3 rings (SSSR count). The Morgan fingerprint density at radius 2 is 1.91 bits per heavy atom. The Balaban J connectivity index is 1.53. The molecule has 120 valence electrons. The Morgan fingerprint density at radius 3 is 2.65 bits per heavy atom. The van der Waals surface area contributed by atoms with Crippen molar-refractivity contribution in [2.75, 3.05) is 5.32 Å². The highest BCUT2D eigenvalue weighted by molar-refractivity contribution is 6.04. The highest BCUT2D eigenvalue weighted by Gasteiger charge is 2.17. The average molecular weight is 312 g/mol. The van der Waals surface area contributed by atoms with E-state index in [-0.39, 0.29) is 18.4 Å². The van der Waals surface area contributed by atoms with Gasteiger partial charge in [-0.05, 0) is 25.0 Å². The molecule has 0 spiro atoms.